The first-order valence-corrected chi connectivity index (χ1v) is 7.74. The number of anilines is 1. The second-order valence-electron chi connectivity index (χ2n) is 5.87. The van der Waals surface area contributed by atoms with Gasteiger partial charge in [-0.15, -0.1) is 0 Å². The summed E-state index contributed by atoms with van der Waals surface area (Å²) in [7, 11) is 0. The topological polar surface area (TPSA) is 15.3 Å². The summed E-state index contributed by atoms with van der Waals surface area (Å²) in [5.74, 6) is 0.467. The summed E-state index contributed by atoms with van der Waals surface area (Å²) in [6.07, 6.45) is 1.12. The largest absolute Gasteiger partial charge is 0.369 e. The number of nitrogens with zero attached hydrogens (tertiary/aromatic N) is 1. The van der Waals surface area contributed by atoms with Crippen LogP contribution in [0.25, 0.3) is 0 Å². The van der Waals surface area contributed by atoms with Crippen molar-refractivity contribution in [2.75, 3.05) is 18.0 Å². The Balaban J connectivity index is 2.79. The van der Waals surface area contributed by atoms with Crippen molar-refractivity contribution in [2.45, 2.75) is 53.6 Å². The molecule has 0 saturated carbocycles. The maximum atomic E-state index is 14.3. The van der Waals surface area contributed by atoms with E-state index in [4.69, 9.17) is 0 Å². The molecule has 0 aliphatic heterocycles. The Labute approximate surface area is 123 Å². The summed E-state index contributed by atoms with van der Waals surface area (Å²) >= 11 is 0. The monoisotopic (exact) mass is 280 g/mol. The van der Waals surface area contributed by atoms with Gasteiger partial charge in [0.05, 0.1) is 5.69 Å². The molecule has 0 aliphatic rings. The van der Waals surface area contributed by atoms with Gasteiger partial charge in [-0.3, -0.25) is 0 Å². The molecule has 1 rings (SSSR count). The lowest BCUT2D eigenvalue weighted by Crippen LogP contribution is -2.29. The van der Waals surface area contributed by atoms with E-state index in [1.165, 1.54) is 0 Å². The Morgan fingerprint density at radius 3 is 2.40 bits per heavy atom. The van der Waals surface area contributed by atoms with Gasteiger partial charge in [0.25, 0.3) is 0 Å². The highest BCUT2D eigenvalue weighted by atomic mass is 19.1. The number of nitrogens with one attached hydrogen (secondary N) is 1. The molecule has 0 radical (unpaired) electrons. The molecular formula is C17H29FN2. The lowest BCUT2D eigenvalue weighted by atomic mass is 10.1. The van der Waals surface area contributed by atoms with Crippen LogP contribution in [0.4, 0.5) is 10.1 Å². The average molecular weight is 280 g/mol. The van der Waals surface area contributed by atoms with E-state index in [1.807, 2.05) is 12.1 Å². The smallest absolute Gasteiger partial charge is 0.146 e. The summed E-state index contributed by atoms with van der Waals surface area (Å²) < 4.78 is 14.3. The Bertz CT molecular complexity index is 404. The Morgan fingerprint density at radius 2 is 1.90 bits per heavy atom. The van der Waals surface area contributed by atoms with Crippen LogP contribution in [0, 0.1) is 11.7 Å². The minimum absolute atomic E-state index is 0.113. The molecule has 20 heavy (non-hydrogen) atoms. The van der Waals surface area contributed by atoms with E-state index < -0.39 is 0 Å². The van der Waals surface area contributed by atoms with Gasteiger partial charge in [0.1, 0.15) is 5.82 Å². The molecule has 1 aromatic carbocycles. The van der Waals surface area contributed by atoms with Gasteiger partial charge in [-0.1, -0.05) is 40.2 Å². The van der Waals surface area contributed by atoms with E-state index in [-0.39, 0.29) is 5.82 Å². The molecule has 0 bridgehead atoms. The molecule has 1 aromatic rings. The molecule has 0 saturated heterocycles. The summed E-state index contributed by atoms with van der Waals surface area (Å²) in [6.45, 7) is 13.1. The highest BCUT2D eigenvalue weighted by molar-refractivity contribution is 5.49. The molecular weight excluding hydrogens is 251 g/mol. The quantitative estimate of drug-likeness (QED) is 0.768. The average Bonchev–Trinajstić information content (AvgIpc) is 2.42. The predicted molar refractivity (Wildman–Crippen MR) is 85.7 cm³/mol. The van der Waals surface area contributed by atoms with Gasteiger partial charge in [0, 0.05) is 25.7 Å². The van der Waals surface area contributed by atoms with Crippen LogP contribution in [0.3, 0.4) is 0 Å². The summed E-state index contributed by atoms with van der Waals surface area (Å²) in [6, 6.07) is 6.01. The van der Waals surface area contributed by atoms with Crippen LogP contribution in [0.15, 0.2) is 18.2 Å². The molecule has 0 fully saturated rings. The molecule has 0 aliphatic carbocycles. The van der Waals surface area contributed by atoms with E-state index in [9.17, 15) is 4.39 Å². The van der Waals surface area contributed by atoms with Crippen LogP contribution in [-0.4, -0.2) is 19.1 Å². The van der Waals surface area contributed by atoms with Gasteiger partial charge in [-0.25, -0.2) is 4.39 Å². The van der Waals surface area contributed by atoms with Gasteiger partial charge in [0.15, 0.2) is 0 Å². The van der Waals surface area contributed by atoms with Crippen LogP contribution in [0.1, 0.15) is 46.6 Å². The van der Waals surface area contributed by atoms with Crippen LogP contribution in [0.2, 0.25) is 0 Å². The zero-order valence-electron chi connectivity index (χ0n) is 13.5. The van der Waals surface area contributed by atoms with Crippen molar-refractivity contribution in [3.8, 4) is 0 Å². The minimum atomic E-state index is -0.113. The van der Waals surface area contributed by atoms with Crippen LogP contribution >= 0.6 is 0 Å². The normalized spacial score (nSPS) is 12.8. The van der Waals surface area contributed by atoms with Gasteiger partial charge in [-0.05, 0) is 30.5 Å². The Kier molecular flexibility index (Phi) is 7.00. The lowest BCUT2D eigenvalue weighted by molar-refractivity contribution is 0.536. The number of rotatable bonds is 8. The minimum Gasteiger partial charge on any atom is -0.369 e. The first kappa shape index (κ1) is 17.0. The molecule has 3 heteroatoms. The van der Waals surface area contributed by atoms with Crippen LogP contribution < -0.4 is 10.2 Å². The van der Waals surface area contributed by atoms with Crippen molar-refractivity contribution in [3.63, 3.8) is 0 Å². The molecule has 1 atom stereocenters. The second kappa shape index (κ2) is 8.25. The zero-order chi connectivity index (χ0) is 15.1. The molecule has 0 heterocycles. The molecule has 2 nitrogen and oxygen atoms in total. The molecule has 0 spiro atoms. The summed E-state index contributed by atoms with van der Waals surface area (Å²) in [4.78, 5) is 2.13. The predicted octanol–water partition coefficient (Wildman–Crippen LogP) is 4.20. The van der Waals surface area contributed by atoms with Gasteiger partial charge < -0.3 is 10.2 Å². The summed E-state index contributed by atoms with van der Waals surface area (Å²) in [5, 5.41) is 3.31. The van der Waals surface area contributed by atoms with Crippen molar-refractivity contribution in [1.82, 2.24) is 5.32 Å². The standard InChI is InChI=1S/C17H29FN2/c1-6-14(5)12-20(7-2)17-9-8-15(10-16(17)18)11-19-13(3)4/h8-10,13-14,19H,6-7,11-12H2,1-5H3. The first-order chi connectivity index (χ1) is 9.47. The lowest BCUT2D eigenvalue weighted by Gasteiger charge is -2.27. The first-order valence-electron chi connectivity index (χ1n) is 7.74. The number of halogens is 1. The third-order valence-electron chi connectivity index (χ3n) is 3.68. The third-order valence-corrected chi connectivity index (χ3v) is 3.68. The Hall–Kier alpha value is -1.09. The number of hydrogen-bond donors (Lipinski definition) is 1. The van der Waals surface area contributed by atoms with E-state index >= 15 is 0 Å². The molecule has 0 aromatic heterocycles. The highest BCUT2D eigenvalue weighted by Crippen LogP contribution is 2.22. The molecule has 0 amide bonds. The fourth-order valence-electron chi connectivity index (χ4n) is 2.14. The van der Waals surface area contributed by atoms with Gasteiger partial charge in [-0.2, -0.15) is 0 Å². The fourth-order valence-corrected chi connectivity index (χ4v) is 2.14. The van der Waals surface area contributed by atoms with Crippen molar-refractivity contribution >= 4 is 5.69 Å². The van der Waals surface area contributed by atoms with Crippen LogP contribution in [-0.2, 0) is 6.54 Å². The van der Waals surface area contributed by atoms with Crippen LogP contribution in [0.5, 0.6) is 0 Å². The number of benzene rings is 1. The van der Waals surface area contributed by atoms with Crippen molar-refractivity contribution < 1.29 is 4.39 Å². The van der Waals surface area contributed by atoms with Crippen molar-refractivity contribution in [1.29, 1.82) is 0 Å². The third kappa shape index (κ3) is 5.12. The molecule has 114 valence electrons. The molecule has 1 N–H and O–H groups in total. The fraction of sp³-hybridized carbons (Fsp3) is 0.647. The SMILES string of the molecule is CCC(C)CN(CC)c1ccc(CNC(C)C)cc1F. The second-order valence-corrected chi connectivity index (χ2v) is 5.87. The molecule has 1 unspecified atom stereocenters. The van der Waals surface area contributed by atoms with Gasteiger partial charge >= 0.3 is 0 Å². The van der Waals surface area contributed by atoms with Crippen molar-refractivity contribution in [3.05, 3.63) is 29.6 Å². The summed E-state index contributed by atoms with van der Waals surface area (Å²) in [5.41, 5.74) is 1.72. The van der Waals surface area contributed by atoms with E-state index in [0.29, 0.717) is 18.5 Å². The maximum absolute atomic E-state index is 14.3. The van der Waals surface area contributed by atoms with E-state index in [1.54, 1.807) is 6.07 Å². The maximum Gasteiger partial charge on any atom is 0.146 e. The number of hydrogen-bond acceptors (Lipinski definition) is 2. The van der Waals surface area contributed by atoms with Gasteiger partial charge in [0.2, 0.25) is 0 Å². The van der Waals surface area contributed by atoms with E-state index in [2.05, 4.69) is 44.8 Å². The highest BCUT2D eigenvalue weighted by Gasteiger charge is 2.13. The zero-order valence-corrected chi connectivity index (χ0v) is 13.5. The van der Waals surface area contributed by atoms with Crippen molar-refractivity contribution in [2.24, 2.45) is 5.92 Å². The Morgan fingerprint density at radius 1 is 1.20 bits per heavy atom. The van der Waals surface area contributed by atoms with E-state index in [0.717, 1.165) is 30.8 Å².